The number of aromatic nitrogens is 2. The van der Waals surface area contributed by atoms with Crippen LogP contribution in [0.5, 0.6) is 5.88 Å². The third kappa shape index (κ3) is 3.38. The van der Waals surface area contributed by atoms with E-state index in [9.17, 15) is 10.1 Å². The van der Waals surface area contributed by atoms with Crippen LogP contribution in [0.1, 0.15) is 10.6 Å². The molecule has 2 rings (SSSR count). The highest BCUT2D eigenvalue weighted by atomic mass is 32.1. The second kappa shape index (κ2) is 5.61. The molecule has 0 unspecified atom stereocenters. The monoisotopic (exact) mass is 280 g/mol. The Morgan fingerprint density at radius 3 is 2.95 bits per heavy atom. The molecule has 0 radical (unpaired) electrons. The Balaban J connectivity index is 2.00. The minimum absolute atomic E-state index is 0.0678. The van der Waals surface area contributed by atoms with Gasteiger partial charge in [0.1, 0.15) is 5.82 Å². The lowest BCUT2D eigenvalue weighted by Crippen LogP contribution is -2.04. The van der Waals surface area contributed by atoms with Gasteiger partial charge in [-0.3, -0.25) is 10.1 Å². The molecule has 0 aliphatic carbocycles. The summed E-state index contributed by atoms with van der Waals surface area (Å²) in [5.74, 6) is 0.229. The third-order valence-electron chi connectivity index (χ3n) is 2.44. The number of hydrogen-bond acceptors (Lipinski definition) is 7. The molecule has 0 atom stereocenters. The lowest BCUT2D eigenvalue weighted by Gasteiger charge is -2.05. The van der Waals surface area contributed by atoms with Gasteiger partial charge in [0.05, 0.1) is 34.9 Å². The largest absolute Gasteiger partial charge is 0.477 e. The summed E-state index contributed by atoms with van der Waals surface area (Å²) in [6.45, 7) is 2.30. The number of rotatable bonds is 5. The van der Waals surface area contributed by atoms with Gasteiger partial charge in [-0.2, -0.15) is 4.98 Å². The van der Waals surface area contributed by atoms with Gasteiger partial charge in [-0.1, -0.05) is 0 Å². The van der Waals surface area contributed by atoms with Gasteiger partial charge in [-0.05, 0) is 6.92 Å². The van der Waals surface area contributed by atoms with Crippen molar-refractivity contribution in [2.75, 3.05) is 12.3 Å². The molecule has 0 aliphatic heterocycles. The summed E-state index contributed by atoms with van der Waals surface area (Å²) in [7, 11) is 0. The highest BCUT2D eigenvalue weighted by molar-refractivity contribution is 7.09. The predicted molar refractivity (Wildman–Crippen MR) is 71.4 cm³/mol. The Kier molecular flexibility index (Phi) is 3.91. The molecule has 2 N–H and O–H groups in total. The molecule has 2 heterocycles. The first-order valence-electron chi connectivity index (χ1n) is 5.50. The summed E-state index contributed by atoms with van der Waals surface area (Å²) in [6.07, 6.45) is 0.681. The number of ether oxygens (including phenoxy) is 1. The Morgan fingerprint density at radius 2 is 2.32 bits per heavy atom. The molecule has 0 amide bonds. The van der Waals surface area contributed by atoms with E-state index in [0.717, 1.165) is 10.6 Å². The maximum atomic E-state index is 10.7. The Labute approximate surface area is 113 Å². The van der Waals surface area contributed by atoms with E-state index in [1.165, 1.54) is 12.1 Å². The first-order valence-corrected chi connectivity index (χ1v) is 6.38. The molecule has 0 saturated heterocycles. The molecule has 0 spiro atoms. The smallest absolute Gasteiger partial charge is 0.278 e. The molecule has 2 aromatic rings. The van der Waals surface area contributed by atoms with Crippen molar-refractivity contribution in [3.05, 3.63) is 38.3 Å². The van der Waals surface area contributed by atoms with E-state index in [2.05, 4.69) is 9.97 Å². The summed E-state index contributed by atoms with van der Waals surface area (Å²) in [4.78, 5) is 19.3. The first kappa shape index (κ1) is 13.2. The van der Waals surface area contributed by atoms with Gasteiger partial charge < -0.3 is 10.5 Å². The number of anilines is 1. The normalized spacial score (nSPS) is 10.4. The highest BCUT2D eigenvalue weighted by Gasteiger charge is 2.11. The van der Waals surface area contributed by atoms with Gasteiger partial charge in [0.2, 0.25) is 5.88 Å². The van der Waals surface area contributed by atoms with Crippen LogP contribution in [-0.4, -0.2) is 21.5 Å². The number of nitrogens with zero attached hydrogens (tertiary/aromatic N) is 3. The van der Waals surface area contributed by atoms with Crippen LogP contribution in [0.2, 0.25) is 0 Å². The molecular weight excluding hydrogens is 268 g/mol. The molecule has 0 aliphatic rings. The fraction of sp³-hybridized carbons (Fsp3) is 0.273. The van der Waals surface area contributed by atoms with Crippen molar-refractivity contribution < 1.29 is 9.66 Å². The van der Waals surface area contributed by atoms with Gasteiger partial charge in [-0.15, -0.1) is 11.3 Å². The van der Waals surface area contributed by atoms with Crippen molar-refractivity contribution >= 4 is 22.8 Å². The Hall–Kier alpha value is -2.22. The molecule has 19 heavy (non-hydrogen) atoms. The van der Waals surface area contributed by atoms with Crippen LogP contribution in [0.3, 0.4) is 0 Å². The average molecular weight is 280 g/mol. The zero-order valence-electron chi connectivity index (χ0n) is 10.2. The van der Waals surface area contributed by atoms with Gasteiger partial charge in [0, 0.05) is 11.3 Å². The van der Waals surface area contributed by atoms with Crippen LogP contribution in [0.4, 0.5) is 11.5 Å². The fourth-order valence-corrected chi connectivity index (χ4v) is 2.27. The van der Waals surface area contributed by atoms with Crippen molar-refractivity contribution in [3.8, 4) is 5.88 Å². The van der Waals surface area contributed by atoms with Crippen molar-refractivity contribution in [2.24, 2.45) is 0 Å². The van der Waals surface area contributed by atoms with E-state index in [1.54, 1.807) is 16.8 Å². The van der Waals surface area contributed by atoms with Gasteiger partial charge in [0.15, 0.2) is 0 Å². The van der Waals surface area contributed by atoms with E-state index in [-0.39, 0.29) is 17.4 Å². The number of hydrogen-bond donors (Lipinski definition) is 1. The summed E-state index contributed by atoms with van der Waals surface area (Å²) in [5.41, 5.74) is 8.10. The van der Waals surface area contributed by atoms with Gasteiger partial charge in [0.25, 0.3) is 5.69 Å². The molecule has 100 valence electrons. The SMILES string of the molecule is Cc1ncsc1CCOc1cc([N+](=O)[O-])cc(N)n1. The second-order valence-electron chi connectivity index (χ2n) is 3.80. The Bertz CT molecular complexity index is 599. The predicted octanol–water partition coefficient (Wildman–Crippen LogP) is 1.96. The van der Waals surface area contributed by atoms with E-state index < -0.39 is 4.92 Å². The summed E-state index contributed by atoms with van der Waals surface area (Å²) >= 11 is 1.55. The van der Waals surface area contributed by atoms with Crippen LogP contribution in [-0.2, 0) is 6.42 Å². The minimum atomic E-state index is -0.530. The highest BCUT2D eigenvalue weighted by Crippen LogP contribution is 2.21. The van der Waals surface area contributed by atoms with Crippen LogP contribution in [0, 0.1) is 17.0 Å². The molecular formula is C11H12N4O3S. The van der Waals surface area contributed by atoms with Crippen molar-refractivity contribution in [2.45, 2.75) is 13.3 Å². The van der Waals surface area contributed by atoms with Crippen LogP contribution in [0.15, 0.2) is 17.6 Å². The molecule has 0 aromatic carbocycles. The topological polar surface area (TPSA) is 104 Å². The molecule has 2 aromatic heterocycles. The number of pyridine rings is 1. The van der Waals surface area contributed by atoms with Crippen molar-refractivity contribution in [1.82, 2.24) is 9.97 Å². The maximum Gasteiger partial charge on any atom is 0.278 e. The van der Waals surface area contributed by atoms with Crippen LogP contribution in [0.25, 0.3) is 0 Å². The van der Waals surface area contributed by atoms with E-state index in [1.807, 2.05) is 6.92 Å². The second-order valence-corrected chi connectivity index (χ2v) is 4.74. The average Bonchev–Trinajstić information content (AvgIpc) is 2.74. The quantitative estimate of drug-likeness (QED) is 0.663. The molecule has 0 saturated carbocycles. The van der Waals surface area contributed by atoms with Crippen molar-refractivity contribution in [3.63, 3.8) is 0 Å². The zero-order valence-corrected chi connectivity index (χ0v) is 11.0. The summed E-state index contributed by atoms with van der Waals surface area (Å²) in [5, 5.41) is 10.7. The standard InChI is InChI=1S/C11H12N4O3S/c1-7-9(19-6-13-7)2-3-18-11-5-8(15(16)17)4-10(12)14-11/h4-6H,2-3H2,1H3,(H2,12,14). The fourth-order valence-electron chi connectivity index (χ4n) is 1.51. The molecule has 7 nitrogen and oxygen atoms in total. The number of thiazole rings is 1. The van der Waals surface area contributed by atoms with E-state index in [0.29, 0.717) is 13.0 Å². The van der Waals surface area contributed by atoms with Crippen molar-refractivity contribution in [1.29, 1.82) is 0 Å². The molecule has 8 heteroatoms. The van der Waals surface area contributed by atoms with E-state index >= 15 is 0 Å². The first-order chi connectivity index (χ1) is 9.06. The van der Waals surface area contributed by atoms with Gasteiger partial charge in [-0.25, -0.2) is 4.98 Å². The van der Waals surface area contributed by atoms with Gasteiger partial charge >= 0.3 is 0 Å². The lowest BCUT2D eigenvalue weighted by atomic mass is 10.3. The number of nitrogen functional groups attached to an aromatic ring is 1. The van der Waals surface area contributed by atoms with Crippen LogP contribution < -0.4 is 10.5 Å². The third-order valence-corrected chi connectivity index (χ3v) is 3.44. The number of aryl methyl sites for hydroxylation is 1. The summed E-state index contributed by atoms with van der Waals surface area (Å²) in [6, 6.07) is 2.45. The lowest BCUT2D eigenvalue weighted by molar-refractivity contribution is -0.384. The van der Waals surface area contributed by atoms with Crippen LogP contribution >= 0.6 is 11.3 Å². The zero-order chi connectivity index (χ0) is 13.8. The Morgan fingerprint density at radius 1 is 1.53 bits per heavy atom. The number of nitro groups is 1. The van der Waals surface area contributed by atoms with E-state index in [4.69, 9.17) is 10.5 Å². The number of nitrogens with two attached hydrogens (primary N) is 1. The molecule has 0 bridgehead atoms. The molecule has 0 fully saturated rings. The minimum Gasteiger partial charge on any atom is -0.477 e. The maximum absolute atomic E-state index is 10.7. The summed E-state index contributed by atoms with van der Waals surface area (Å²) < 4.78 is 5.39.